The maximum absolute atomic E-state index is 12.7. The van der Waals surface area contributed by atoms with E-state index in [0.29, 0.717) is 5.16 Å². The van der Waals surface area contributed by atoms with Gasteiger partial charge >= 0.3 is 0 Å². The molecule has 1 heterocycles. The number of fused-ring (bicyclic) bond motifs is 1. The number of amides is 1. The van der Waals surface area contributed by atoms with Crippen LogP contribution < -0.4 is 5.43 Å². The van der Waals surface area contributed by atoms with Gasteiger partial charge in [0.1, 0.15) is 0 Å². The summed E-state index contributed by atoms with van der Waals surface area (Å²) in [4.78, 5) is 12.7. The molecule has 0 bridgehead atoms. The molecular weight excluding hydrogens is 466 g/mol. The van der Waals surface area contributed by atoms with Gasteiger partial charge in [-0.3, -0.25) is 9.36 Å². The van der Waals surface area contributed by atoms with Crippen molar-refractivity contribution >= 4 is 34.2 Å². The second-order valence-corrected chi connectivity index (χ2v) is 9.33. The van der Waals surface area contributed by atoms with Crippen molar-refractivity contribution < 1.29 is 4.79 Å². The van der Waals surface area contributed by atoms with E-state index in [1.807, 2.05) is 78.2 Å². The van der Waals surface area contributed by atoms with Crippen molar-refractivity contribution in [2.75, 3.05) is 5.75 Å². The highest BCUT2D eigenvalue weighted by Crippen LogP contribution is 2.28. The summed E-state index contributed by atoms with van der Waals surface area (Å²) >= 11 is 1.33. The van der Waals surface area contributed by atoms with E-state index in [1.54, 1.807) is 0 Å². The van der Waals surface area contributed by atoms with Crippen molar-refractivity contribution in [2.24, 2.45) is 5.10 Å². The molecule has 0 fully saturated rings. The lowest BCUT2D eigenvalue weighted by Gasteiger charge is -2.11. The largest absolute Gasteiger partial charge is 0.272 e. The quantitative estimate of drug-likeness (QED) is 0.171. The van der Waals surface area contributed by atoms with Crippen LogP contribution in [0.4, 0.5) is 0 Å². The first-order valence-corrected chi connectivity index (χ1v) is 12.6. The van der Waals surface area contributed by atoms with E-state index in [9.17, 15) is 4.79 Å². The second-order valence-electron chi connectivity index (χ2n) is 8.39. The molecule has 5 rings (SSSR count). The van der Waals surface area contributed by atoms with Crippen molar-refractivity contribution in [1.29, 1.82) is 0 Å². The number of hydrogen-bond acceptors (Lipinski definition) is 5. The van der Waals surface area contributed by atoms with Crippen molar-refractivity contribution in [3.63, 3.8) is 0 Å². The predicted octanol–water partition coefficient (Wildman–Crippen LogP) is 6.03. The molecule has 0 aliphatic heterocycles. The Bertz CT molecular complexity index is 1540. The number of hydrogen-bond donors (Lipinski definition) is 1. The number of hydrazone groups is 1. The van der Waals surface area contributed by atoms with E-state index in [2.05, 4.69) is 58.0 Å². The number of carbonyl (C=O) groups excluding carboxylic acids is 1. The van der Waals surface area contributed by atoms with Gasteiger partial charge in [-0.25, -0.2) is 5.43 Å². The molecule has 6 nitrogen and oxygen atoms in total. The normalized spacial score (nSPS) is 11.6. The van der Waals surface area contributed by atoms with Gasteiger partial charge in [0, 0.05) is 16.8 Å². The summed E-state index contributed by atoms with van der Waals surface area (Å²) in [5.74, 6) is 0.678. The number of thioether (sulfide) groups is 1. The molecule has 0 unspecified atom stereocenters. The van der Waals surface area contributed by atoms with E-state index in [-0.39, 0.29) is 11.7 Å². The second kappa shape index (κ2) is 10.6. The highest BCUT2D eigenvalue weighted by atomic mass is 32.2. The minimum atomic E-state index is -0.209. The Balaban J connectivity index is 1.34. The minimum absolute atomic E-state index is 0.158. The van der Waals surface area contributed by atoms with Gasteiger partial charge in [0.25, 0.3) is 5.91 Å². The average Bonchev–Trinajstić information content (AvgIpc) is 3.35. The molecule has 0 radical (unpaired) electrons. The van der Waals surface area contributed by atoms with Crippen LogP contribution in [0.5, 0.6) is 0 Å². The van der Waals surface area contributed by atoms with Crippen LogP contribution in [-0.2, 0) is 4.79 Å². The topological polar surface area (TPSA) is 72.2 Å². The Morgan fingerprint density at radius 2 is 1.61 bits per heavy atom. The van der Waals surface area contributed by atoms with Crippen LogP contribution in [0.2, 0.25) is 0 Å². The molecule has 1 aromatic heterocycles. The van der Waals surface area contributed by atoms with Crippen molar-refractivity contribution in [3.05, 3.63) is 108 Å². The fourth-order valence-corrected chi connectivity index (χ4v) is 4.72. The lowest BCUT2D eigenvalue weighted by Crippen LogP contribution is -2.21. The van der Waals surface area contributed by atoms with Gasteiger partial charge in [-0.15, -0.1) is 10.2 Å². The summed E-state index contributed by atoms with van der Waals surface area (Å²) in [5.41, 5.74) is 7.50. The minimum Gasteiger partial charge on any atom is -0.272 e. The fourth-order valence-electron chi connectivity index (χ4n) is 3.97. The monoisotopic (exact) mass is 491 g/mol. The highest BCUT2D eigenvalue weighted by molar-refractivity contribution is 7.99. The van der Waals surface area contributed by atoms with Gasteiger partial charge in [-0.2, -0.15) is 5.10 Å². The predicted molar refractivity (Wildman–Crippen MR) is 147 cm³/mol. The third-order valence-electron chi connectivity index (χ3n) is 5.82. The van der Waals surface area contributed by atoms with Gasteiger partial charge in [0.05, 0.1) is 11.5 Å². The lowest BCUT2D eigenvalue weighted by atomic mass is 10.0. The molecule has 7 heteroatoms. The van der Waals surface area contributed by atoms with Crippen LogP contribution in [-0.4, -0.2) is 32.1 Å². The Kier molecular flexibility index (Phi) is 6.91. The summed E-state index contributed by atoms with van der Waals surface area (Å²) in [6.45, 7) is 3.95. The summed E-state index contributed by atoms with van der Waals surface area (Å²) in [6.07, 6.45) is 0. The average molecular weight is 492 g/mol. The zero-order valence-corrected chi connectivity index (χ0v) is 20.9. The van der Waals surface area contributed by atoms with Crippen molar-refractivity contribution in [3.8, 4) is 17.1 Å². The number of carbonyl (C=O) groups is 1. The molecule has 0 saturated heterocycles. The van der Waals surface area contributed by atoms with Gasteiger partial charge in [0.15, 0.2) is 11.0 Å². The number of aromatic nitrogens is 3. The van der Waals surface area contributed by atoms with Crippen LogP contribution in [0, 0.1) is 6.92 Å². The summed E-state index contributed by atoms with van der Waals surface area (Å²) in [5, 5.41) is 16.1. The third kappa shape index (κ3) is 5.06. The number of aryl methyl sites for hydroxylation is 1. The maximum atomic E-state index is 12.7. The van der Waals surface area contributed by atoms with E-state index in [0.717, 1.165) is 39.1 Å². The van der Waals surface area contributed by atoms with Crippen LogP contribution in [0.1, 0.15) is 18.1 Å². The molecule has 0 aliphatic carbocycles. The molecule has 5 aromatic rings. The Hall–Kier alpha value is -4.23. The van der Waals surface area contributed by atoms with Gasteiger partial charge in [0.2, 0.25) is 0 Å². The first-order chi connectivity index (χ1) is 17.6. The third-order valence-corrected chi connectivity index (χ3v) is 6.75. The number of benzene rings is 4. The molecule has 1 amide bonds. The van der Waals surface area contributed by atoms with Gasteiger partial charge in [-0.05, 0) is 36.8 Å². The molecule has 1 N–H and O–H groups in total. The molecule has 0 spiro atoms. The molecule has 178 valence electrons. The number of nitrogens with zero attached hydrogens (tertiary/aromatic N) is 4. The van der Waals surface area contributed by atoms with Crippen molar-refractivity contribution in [1.82, 2.24) is 20.2 Å². The van der Waals surface area contributed by atoms with E-state index < -0.39 is 0 Å². The Labute approximate surface area is 214 Å². The molecule has 4 aromatic carbocycles. The zero-order chi connectivity index (χ0) is 24.9. The molecule has 0 saturated carbocycles. The van der Waals surface area contributed by atoms with Crippen LogP contribution in [0.25, 0.3) is 27.8 Å². The van der Waals surface area contributed by atoms with Crippen molar-refractivity contribution in [2.45, 2.75) is 19.0 Å². The van der Waals surface area contributed by atoms with Crippen LogP contribution >= 0.6 is 11.8 Å². The SMILES string of the molecule is C/C(=N\NC(=O)CSc1nnc(-c2ccccc2)n1-c1ccc(C)cc1)c1cccc2ccccc12. The summed E-state index contributed by atoms with van der Waals surface area (Å²) in [7, 11) is 0. The van der Waals surface area contributed by atoms with E-state index in [4.69, 9.17) is 0 Å². The van der Waals surface area contributed by atoms with Crippen LogP contribution in [0.15, 0.2) is 107 Å². The summed E-state index contributed by atoms with van der Waals surface area (Å²) < 4.78 is 1.98. The smallest absolute Gasteiger partial charge is 0.250 e. The number of nitrogens with one attached hydrogen (secondary N) is 1. The molecular formula is C29H25N5OS. The van der Waals surface area contributed by atoms with E-state index in [1.165, 1.54) is 17.3 Å². The van der Waals surface area contributed by atoms with Gasteiger partial charge in [-0.1, -0.05) is 102 Å². The van der Waals surface area contributed by atoms with Crippen LogP contribution in [0.3, 0.4) is 0 Å². The summed E-state index contributed by atoms with van der Waals surface area (Å²) in [6, 6.07) is 32.3. The maximum Gasteiger partial charge on any atom is 0.250 e. The first kappa shape index (κ1) is 23.5. The lowest BCUT2D eigenvalue weighted by molar-refractivity contribution is -0.118. The first-order valence-electron chi connectivity index (χ1n) is 11.6. The Morgan fingerprint density at radius 1 is 0.889 bits per heavy atom. The number of rotatable bonds is 7. The standard InChI is InChI=1S/C29H25N5OS/c1-20-15-17-24(18-16-20)34-28(23-10-4-3-5-11-23)32-33-29(34)36-19-27(35)31-30-21(2)25-14-8-12-22-9-6-7-13-26(22)25/h3-18H,19H2,1-2H3,(H,31,35)/b30-21+. The molecule has 0 atom stereocenters. The zero-order valence-electron chi connectivity index (χ0n) is 20.1. The fraction of sp³-hybridized carbons (Fsp3) is 0.103. The molecule has 36 heavy (non-hydrogen) atoms. The van der Waals surface area contributed by atoms with Gasteiger partial charge < -0.3 is 0 Å². The highest BCUT2D eigenvalue weighted by Gasteiger charge is 2.17. The molecule has 0 aliphatic rings. The van der Waals surface area contributed by atoms with E-state index >= 15 is 0 Å². The Morgan fingerprint density at radius 3 is 2.42 bits per heavy atom.